The van der Waals surface area contributed by atoms with Gasteiger partial charge in [-0.2, -0.15) is 0 Å². The highest BCUT2D eigenvalue weighted by Crippen LogP contribution is 2.39. The lowest BCUT2D eigenvalue weighted by Crippen LogP contribution is -2.45. The van der Waals surface area contributed by atoms with E-state index in [2.05, 4.69) is 15.3 Å². The van der Waals surface area contributed by atoms with Crippen molar-refractivity contribution in [3.63, 3.8) is 0 Å². The number of amides is 2. The second-order valence-electron chi connectivity index (χ2n) is 7.16. The number of alkyl halides is 1. The Morgan fingerprint density at radius 3 is 2.80 bits per heavy atom. The van der Waals surface area contributed by atoms with E-state index in [1.54, 1.807) is 12.1 Å². The summed E-state index contributed by atoms with van der Waals surface area (Å²) in [6.07, 6.45) is 2.06. The predicted octanol–water partition coefficient (Wildman–Crippen LogP) is 4.51. The van der Waals surface area contributed by atoms with Crippen LogP contribution in [0.5, 0.6) is 0 Å². The summed E-state index contributed by atoms with van der Waals surface area (Å²) in [7, 11) is 0. The highest BCUT2D eigenvalue weighted by atomic mass is 35.5. The van der Waals surface area contributed by atoms with E-state index < -0.39 is 5.67 Å². The number of nitrogens with zero attached hydrogens (tertiary/aromatic N) is 3. The minimum atomic E-state index is -1.72. The van der Waals surface area contributed by atoms with Crippen LogP contribution in [0.25, 0.3) is 10.2 Å². The number of pyridine rings is 1. The zero-order valence-corrected chi connectivity index (χ0v) is 17.4. The van der Waals surface area contributed by atoms with Gasteiger partial charge in [-0.25, -0.2) is 18.6 Å². The van der Waals surface area contributed by atoms with Gasteiger partial charge in [0.05, 0.1) is 20.9 Å². The molecule has 3 aromatic rings. The van der Waals surface area contributed by atoms with Crippen molar-refractivity contribution in [2.75, 3.05) is 25.0 Å². The minimum absolute atomic E-state index is 0.0359. The Morgan fingerprint density at radius 2 is 2.10 bits per heavy atom. The summed E-state index contributed by atoms with van der Waals surface area (Å²) >= 11 is 7.41. The predicted molar refractivity (Wildman–Crippen MR) is 112 cm³/mol. The quantitative estimate of drug-likeness (QED) is 0.610. The molecule has 30 heavy (non-hydrogen) atoms. The number of fused-ring (bicyclic) bond motifs is 1. The molecule has 6 nitrogen and oxygen atoms in total. The molecule has 1 fully saturated rings. The van der Waals surface area contributed by atoms with Crippen molar-refractivity contribution in [3.8, 4) is 0 Å². The molecule has 1 aliphatic rings. The summed E-state index contributed by atoms with van der Waals surface area (Å²) in [5.74, 6) is -0.365. The summed E-state index contributed by atoms with van der Waals surface area (Å²) in [6.45, 7) is 0.350. The molecule has 1 aliphatic heterocycles. The van der Waals surface area contributed by atoms with Gasteiger partial charge in [-0.3, -0.25) is 10.3 Å². The molecule has 4 rings (SSSR count). The molecule has 1 aromatic carbocycles. The molecule has 0 saturated carbocycles. The Hall–Kier alpha value is -2.36. The van der Waals surface area contributed by atoms with Crippen molar-refractivity contribution in [1.29, 1.82) is 0 Å². The maximum atomic E-state index is 15.5. The van der Waals surface area contributed by atoms with E-state index in [4.69, 9.17) is 16.7 Å². The molecule has 0 radical (unpaired) electrons. The summed E-state index contributed by atoms with van der Waals surface area (Å²) in [4.78, 5) is 22.5. The standard InChI is InChI=1S/C20H19ClF2N4O2S/c21-14-9-12(3-8-28)11-24-17(14)20(23)4-6-27(7-5-20)19(29)26-18-25-15-2-1-13(22)10-16(15)30-18/h1-2,9-11,28H,3-8H2,(H,25,26,29). The molecule has 158 valence electrons. The topological polar surface area (TPSA) is 78.4 Å². The molecule has 2 N–H and O–H groups in total. The number of aliphatic hydroxyl groups is 1. The number of carbonyl (C=O) groups is 1. The van der Waals surface area contributed by atoms with Crippen LogP contribution in [0.2, 0.25) is 5.02 Å². The Morgan fingerprint density at radius 1 is 1.33 bits per heavy atom. The monoisotopic (exact) mass is 452 g/mol. The summed E-state index contributed by atoms with van der Waals surface area (Å²) in [5, 5.41) is 12.3. The lowest BCUT2D eigenvalue weighted by molar-refractivity contribution is 0.0684. The third-order valence-electron chi connectivity index (χ3n) is 5.13. The first kappa shape index (κ1) is 20.9. The van der Waals surface area contributed by atoms with E-state index in [-0.39, 0.29) is 55.1 Å². The van der Waals surface area contributed by atoms with E-state index in [1.807, 2.05) is 0 Å². The Labute approximate surface area is 180 Å². The van der Waals surface area contributed by atoms with Crippen LogP contribution in [0.1, 0.15) is 24.1 Å². The molecular weight excluding hydrogens is 434 g/mol. The first-order chi connectivity index (χ1) is 14.4. The molecule has 0 unspecified atom stereocenters. The zero-order valence-electron chi connectivity index (χ0n) is 15.9. The zero-order chi connectivity index (χ0) is 21.3. The maximum absolute atomic E-state index is 15.5. The molecule has 0 spiro atoms. The highest BCUT2D eigenvalue weighted by Gasteiger charge is 2.40. The highest BCUT2D eigenvalue weighted by molar-refractivity contribution is 7.22. The molecule has 0 aliphatic carbocycles. The summed E-state index contributed by atoms with van der Waals surface area (Å²) in [6, 6.07) is 5.47. The molecule has 1 saturated heterocycles. The fraction of sp³-hybridized carbons (Fsp3) is 0.350. The third kappa shape index (κ3) is 4.23. The number of anilines is 1. The first-order valence-electron chi connectivity index (χ1n) is 9.45. The Balaban J connectivity index is 1.41. The van der Waals surface area contributed by atoms with Gasteiger partial charge in [-0.1, -0.05) is 22.9 Å². The van der Waals surface area contributed by atoms with Crippen LogP contribution in [0.15, 0.2) is 30.5 Å². The van der Waals surface area contributed by atoms with Gasteiger partial charge >= 0.3 is 6.03 Å². The van der Waals surface area contributed by atoms with Crippen LogP contribution < -0.4 is 5.32 Å². The lowest BCUT2D eigenvalue weighted by atomic mass is 9.89. The van der Waals surface area contributed by atoms with E-state index in [1.165, 1.54) is 34.6 Å². The Bertz CT molecular complexity index is 1090. The second-order valence-corrected chi connectivity index (χ2v) is 8.60. The van der Waals surface area contributed by atoms with E-state index in [0.717, 1.165) is 5.56 Å². The van der Waals surface area contributed by atoms with Crippen molar-refractivity contribution >= 4 is 44.3 Å². The normalized spacial score (nSPS) is 16.1. The number of aromatic nitrogens is 2. The van der Waals surface area contributed by atoms with Crippen molar-refractivity contribution in [2.24, 2.45) is 0 Å². The average molecular weight is 453 g/mol. The van der Waals surface area contributed by atoms with Crippen LogP contribution in [-0.2, 0) is 12.1 Å². The number of halogens is 3. The number of hydrogen-bond acceptors (Lipinski definition) is 5. The SMILES string of the molecule is O=C(Nc1nc2ccc(F)cc2s1)N1CCC(F)(c2ncc(CCO)cc2Cl)CC1. The van der Waals surface area contributed by atoms with Crippen LogP contribution in [0.4, 0.5) is 18.7 Å². The van der Waals surface area contributed by atoms with E-state index in [9.17, 15) is 9.18 Å². The van der Waals surface area contributed by atoms with Gasteiger partial charge in [0.2, 0.25) is 0 Å². The van der Waals surface area contributed by atoms with Gasteiger partial charge < -0.3 is 10.0 Å². The van der Waals surface area contributed by atoms with Gasteiger partial charge in [-0.15, -0.1) is 0 Å². The van der Waals surface area contributed by atoms with Gasteiger partial charge in [0.15, 0.2) is 10.8 Å². The van der Waals surface area contributed by atoms with Crippen molar-refractivity contribution in [2.45, 2.75) is 24.9 Å². The number of hydrogen-bond donors (Lipinski definition) is 2. The third-order valence-corrected chi connectivity index (χ3v) is 6.35. The number of piperidine rings is 1. The summed E-state index contributed by atoms with van der Waals surface area (Å²) < 4.78 is 29.5. The van der Waals surface area contributed by atoms with Crippen molar-refractivity contribution in [1.82, 2.24) is 14.9 Å². The molecule has 3 heterocycles. The van der Waals surface area contributed by atoms with E-state index in [0.29, 0.717) is 21.8 Å². The molecule has 0 bridgehead atoms. The fourth-order valence-corrected chi connectivity index (χ4v) is 4.74. The number of benzene rings is 1. The van der Waals surface area contributed by atoms with Gasteiger partial charge in [0.25, 0.3) is 0 Å². The number of rotatable bonds is 4. The van der Waals surface area contributed by atoms with Crippen LogP contribution in [-0.4, -0.2) is 45.7 Å². The Kier molecular flexibility index (Phi) is 5.86. The van der Waals surface area contributed by atoms with Crippen molar-refractivity contribution < 1.29 is 18.7 Å². The smallest absolute Gasteiger partial charge is 0.323 e. The number of likely N-dealkylation sites (tertiary alicyclic amines) is 1. The largest absolute Gasteiger partial charge is 0.396 e. The van der Waals surface area contributed by atoms with Crippen LogP contribution in [0.3, 0.4) is 0 Å². The van der Waals surface area contributed by atoms with Crippen LogP contribution >= 0.6 is 22.9 Å². The van der Waals surface area contributed by atoms with Crippen LogP contribution in [0, 0.1) is 5.82 Å². The van der Waals surface area contributed by atoms with E-state index >= 15 is 4.39 Å². The molecule has 2 aromatic heterocycles. The molecule has 2 amide bonds. The number of urea groups is 1. The number of carbonyl (C=O) groups excluding carboxylic acids is 1. The van der Waals surface area contributed by atoms with Gasteiger partial charge in [0, 0.05) is 38.7 Å². The van der Waals surface area contributed by atoms with Gasteiger partial charge in [-0.05, 0) is 36.2 Å². The summed E-state index contributed by atoms with van der Waals surface area (Å²) in [5.41, 5.74) is -0.219. The number of nitrogens with one attached hydrogen (secondary N) is 1. The lowest BCUT2D eigenvalue weighted by Gasteiger charge is -2.36. The number of aliphatic hydroxyl groups excluding tert-OH is 1. The first-order valence-corrected chi connectivity index (χ1v) is 10.6. The van der Waals surface area contributed by atoms with Gasteiger partial charge in [0.1, 0.15) is 5.82 Å². The fourth-order valence-electron chi connectivity index (χ4n) is 3.50. The second kappa shape index (κ2) is 8.41. The molecular formula is C20H19ClF2N4O2S. The minimum Gasteiger partial charge on any atom is -0.396 e. The maximum Gasteiger partial charge on any atom is 0.323 e. The molecule has 10 heteroatoms. The van der Waals surface area contributed by atoms with Crippen molar-refractivity contribution in [3.05, 3.63) is 52.6 Å². The average Bonchev–Trinajstić information content (AvgIpc) is 3.10. The molecule has 0 atom stereocenters. The number of thiazole rings is 1.